The molecule has 0 saturated carbocycles. The minimum absolute atomic E-state index is 0.0680. The summed E-state index contributed by atoms with van der Waals surface area (Å²) in [5, 5.41) is 13.2. The van der Waals surface area contributed by atoms with E-state index < -0.39 is 11.6 Å². The van der Waals surface area contributed by atoms with Gasteiger partial charge >= 0.3 is 0 Å². The van der Waals surface area contributed by atoms with Crippen LogP contribution in [-0.4, -0.2) is 52.9 Å². The zero-order chi connectivity index (χ0) is 29.1. The van der Waals surface area contributed by atoms with Crippen LogP contribution >= 0.6 is 0 Å². The number of benzene rings is 3. The monoisotopic (exact) mass is 566 g/mol. The number of aliphatic imine (C=N–C) groups is 1. The van der Waals surface area contributed by atoms with Gasteiger partial charge in [0, 0.05) is 36.1 Å². The second kappa shape index (κ2) is 11.5. The van der Waals surface area contributed by atoms with E-state index in [4.69, 9.17) is 28.8 Å². The molecule has 42 heavy (non-hydrogen) atoms. The molecule has 2 aliphatic heterocycles. The molecule has 6 rings (SSSR count). The van der Waals surface area contributed by atoms with Crippen LogP contribution in [0.15, 0.2) is 95.0 Å². The number of nitrogens with zero attached hydrogens (tertiary/aromatic N) is 4. The van der Waals surface area contributed by atoms with Crippen LogP contribution in [0, 0.1) is 0 Å². The molecular formula is C32H30N4O6. The lowest BCUT2D eigenvalue weighted by Crippen LogP contribution is -2.53. The zero-order valence-electron chi connectivity index (χ0n) is 23.1. The van der Waals surface area contributed by atoms with E-state index in [0.717, 1.165) is 22.4 Å². The Hall–Kier alpha value is -4.96. The van der Waals surface area contributed by atoms with Crippen LogP contribution in [0.25, 0.3) is 11.5 Å². The molecule has 1 aromatic heterocycles. The van der Waals surface area contributed by atoms with Crippen molar-refractivity contribution < 1.29 is 28.6 Å². The van der Waals surface area contributed by atoms with Gasteiger partial charge < -0.3 is 28.7 Å². The highest BCUT2D eigenvalue weighted by Gasteiger charge is 2.58. The maximum absolute atomic E-state index is 14.4. The summed E-state index contributed by atoms with van der Waals surface area (Å²) < 4.78 is 22.9. The Morgan fingerprint density at radius 2 is 1.79 bits per heavy atom. The number of hydrogen-bond donors (Lipinski definition) is 1. The van der Waals surface area contributed by atoms with Crippen molar-refractivity contribution in [3.05, 3.63) is 102 Å². The number of hydrogen-bond acceptors (Lipinski definition) is 9. The van der Waals surface area contributed by atoms with Crippen LogP contribution in [0.5, 0.6) is 11.5 Å². The molecule has 0 saturated heterocycles. The van der Waals surface area contributed by atoms with Crippen LogP contribution in [0.1, 0.15) is 35.9 Å². The summed E-state index contributed by atoms with van der Waals surface area (Å²) in [4.78, 5) is 25.5. The van der Waals surface area contributed by atoms with Gasteiger partial charge in [0.15, 0.2) is 17.5 Å². The summed E-state index contributed by atoms with van der Waals surface area (Å²) in [5.74, 6) is 2.23. The zero-order valence-corrected chi connectivity index (χ0v) is 23.1. The number of methoxy groups -OCH3 is 1. The Labute approximate surface area is 242 Å². The summed E-state index contributed by atoms with van der Waals surface area (Å²) in [6.45, 7) is 4.50. The van der Waals surface area contributed by atoms with Crippen molar-refractivity contribution in [2.45, 2.75) is 31.0 Å². The molecule has 0 radical (unpaired) electrons. The highest BCUT2D eigenvalue weighted by Crippen LogP contribution is 2.50. The minimum atomic E-state index is -1.25. The van der Waals surface area contributed by atoms with E-state index in [1.165, 1.54) is 0 Å². The number of carbonyl (C=O) groups excluding carboxylic acids is 1. The summed E-state index contributed by atoms with van der Waals surface area (Å²) in [5.41, 5.74) is 1.75. The number of para-hydroxylation sites is 1. The molecule has 214 valence electrons. The summed E-state index contributed by atoms with van der Waals surface area (Å²) in [6.07, 6.45) is 1.89. The predicted molar refractivity (Wildman–Crippen MR) is 155 cm³/mol. The molecule has 2 atom stereocenters. The van der Waals surface area contributed by atoms with E-state index in [9.17, 15) is 4.79 Å². The highest BCUT2D eigenvalue weighted by molar-refractivity contribution is 6.09. The van der Waals surface area contributed by atoms with Crippen molar-refractivity contribution in [3.8, 4) is 23.0 Å². The summed E-state index contributed by atoms with van der Waals surface area (Å²) in [6, 6.07) is 22.3. The molecule has 0 fully saturated rings. The van der Waals surface area contributed by atoms with Crippen molar-refractivity contribution >= 4 is 17.5 Å². The molecule has 1 N–H and O–H groups in total. The quantitative estimate of drug-likeness (QED) is 0.201. The van der Waals surface area contributed by atoms with Crippen molar-refractivity contribution in [1.29, 1.82) is 0 Å². The molecule has 4 aromatic rings. The van der Waals surface area contributed by atoms with E-state index in [0.29, 0.717) is 42.1 Å². The third-order valence-corrected chi connectivity index (χ3v) is 7.32. The van der Waals surface area contributed by atoms with Gasteiger partial charge in [-0.1, -0.05) is 29.4 Å². The van der Waals surface area contributed by atoms with E-state index in [-0.39, 0.29) is 25.5 Å². The Kier molecular flexibility index (Phi) is 7.45. The van der Waals surface area contributed by atoms with Gasteiger partial charge in [-0.15, -0.1) is 6.58 Å². The molecule has 3 heterocycles. The first-order chi connectivity index (χ1) is 20.6. The number of aliphatic hydroxyl groups excluding tert-OH is 1. The van der Waals surface area contributed by atoms with Crippen molar-refractivity contribution in [3.63, 3.8) is 0 Å². The average Bonchev–Trinajstić information content (AvgIpc) is 3.66. The summed E-state index contributed by atoms with van der Waals surface area (Å²) in [7, 11) is 1.60. The normalized spacial score (nSPS) is 19.0. The van der Waals surface area contributed by atoms with E-state index >= 15 is 0 Å². The van der Waals surface area contributed by atoms with Gasteiger partial charge in [0.25, 0.3) is 11.8 Å². The second-order valence-electron chi connectivity index (χ2n) is 9.98. The second-order valence-corrected chi connectivity index (χ2v) is 9.98. The number of carbonyl (C=O) groups is 1. The smallest absolute Gasteiger partial charge is 0.260 e. The van der Waals surface area contributed by atoms with Gasteiger partial charge in [-0.05, 0) is 54.6 Å². The van der Waals surface area contributed by atoms with Crippen molar-refractivity contribution in [2.75, 3.05) is 25.2 Å². The molecule has 0 aliphatic carbocycles. The summed E-state index contributed by atoms with van der Waals surface area (Å²) >= 11 is 0. The van der Waals surface area contributed by atoms with Gasteiger partial charge in [-0.3, -0.25) is 4.79 Å². The van der Waals surface area contributed by atoms with Gasteiger partial charge in [-0.25, -0.2) is 4.99 Å². The molecule has 10 nitrogen and oxygen atoms in total. The molecule has 3 aromatic carbocycles. The molecule has 0 unspecified atom stereocenters. The molecule has 0 bridgehead atoms. The number of aromatic nitrogens is 2. The number of anilines is 1. The average molecular weight is 567 g/mol. The van der Waals surface area contributed by atoms with Gasteiger partial charge in [0.05, 0.1) is 25.9 Å². The van der Waals surface area contributed by atoms with Crippen LogP contribution in [-0.2, 0) is 16.1 Å². The topological polar surface area (TPSA) is 120 Å². The third-order valence-electron chi connectivity index (χ3n) is 7.32. The molecule has 2 aliphatic rings. The maximum Gasteiger partial charge on any atom is 0.260 e. The number of ether oxygens (including phenoxy) is 3. The molecule has 10 heteroatoms. The Morgan fingerprint density at radius 3 is 2.52 bits per heavy atom. The number of aliphatic hydroxyl groups is 1. The van der Waals surface area contributed by atoms with Crippen LogP contribution in [0.4, 0.5) is 5.69 Å². The Bertz CT molecular complexity index is 1610. The first-order valence-electron chi connectivity index (χ1n) is 13.7. The standard InChI is InChI=1S/C32H30N4O6/c1-3-17-32-28(41-30(34-32)22-11-15-24(16-12-22)40-19-6-18-37)25-7-4-5-8-26(25)36(31(32)38)20-27-33-29(42-35-27)21-9-13-23(39-2)14-10-21/h3-5,7-16,28,37H,1,6,17-20H2,2H3/t28-,32-/m1/s1. The lowest BCUT2D eigenvalue weighted by Gasteiger charge is -2.40. The molecule has 0 spiro atoms. The minimum Gasteiger partial charge on any atom is -0.497 e. The number of fused-ring (bicyclic) bond motifs is 3. The van der Waals surface area contributed by atoms with Gasteiger partial charge in [-0.2, -0.15) is 4.98 Å². The van der Waals surface area contributed by atoms with Crippen LogP contribution < -0.4 is 14.4 Å². The lowest BCUT2D eigenvalue weighted by atomic mass is 9.80. The fourth-order valence-electron chi connectivity index (χ4n) is 5.26. The van der Waals surface area contributed by atoms with Crippen LogP contribution in [0.3, 0.4) is 0 Å². The lowest BCUT2D eigenvalue weighted by molar-refractivity contribution is -0.127. The molecule has 1 amide bonds. The van der Waals surface area contributed by atoms with Crippen molar-refractivity contribution in [2.24, 2.45) is 4.99 Å². The van der Waals surface area contributed by atoms with Crippen molar-refractivity contribution in [1.82, 2.24) is 10.1 Å². The third kappa shape index (κ3) is 4.90. The number of rotatable bonds is 11. The highest BCUT2D eigenvalue weighted by atomic mass is 16.5. The molecular weight excluding hydrogens is 536 g/mol. The van der Waals surface area contributed by atoms with Gasteiger partial charge in [0.1, 0.15) is 11.5 Å². The first kappa shape index (κ1) is 27.2. The predicted octanol–water partition coefficient (Wildman–Crippen LogP) is 4.89. The Balaban J connectivity index is 1.32. The van der Waals surface area contributed by atoms with E-state index in [2.05, 4.69) is 16.7 Å². The maximum atomic E-state index is 14.4. The van der Waals surface area contributed by atoms with Gasteiger partial charge in [0.2, 0.25) is 5.90 Å². The largest absolute Gasteiger partial charge is 0.497 e. The SMILES string of the molecule is C=CC[C@@]12N=C(c3ccc(OCCCO)cc3)O[C@@H]1c1ccccc1N(Cc1noc(-c3ccc(OC)cc3)n1)C2=O. The van der Waals surface area contributed by atoms with E-state index in [1.807, 2.05) is 72.8 Å². The first-order valence-corrected chi connectivity index (χ1v) is 13.7. The fourth-order valence-corrected chi connectivity index (χ4v) is 5.26. The van der Waals surface area contributed by atoms with Crippen LogP contribution in [0.2, 0.25) is 0 Å². The number of amides is 1. The Morgan fingerprint density at radius 1 is 1.05 bits per heavy atom. The van der Waals surface area contributed by atoms with E-state index in [1.54, 1.807) is 18.1 Å². The fraction of sp³-hybridized carbons (Fsp3) is 0.250.